The number of benzene rings is 2. The summed E-state index contributed by atoms with van der Waals surface area (Å²) >= 11 is 0. The molecular weight excluding hydrogens is 405 g/mol. The molecule has 3 N–H and O–H groups in total. The van der Waals surface area contributed by atoms with E-state index in [0.717, 1.165) is 42.5 Å². The Morgan fingerprint density at radius 1 is 1.19 bits per heavy atom. The molecule has 6 nitrogen and oxygen atoms in total. The van der Waals surface area contributed by atoms with Gasteiger partial charge in [0.1, 0.15) is 23.5 Å². The zero-order valence-corrected chi connectivity index (χ0v) is 18.2. The van der Waals surface area contributed by atoms with E-state index in [0.29, 0.717) is 17.4 Å². The van der Waals surface area contributed by atoms with E-state index in [1.807, 2.05) is 36.4 Å². The van der Waals surface area contributed by atoms with Crippen LogP contribution in [0.4, 0.5) is 10.2 Å². The number of aromatic nitrogens is 2. The molecule has 166 valence electrons. The Morgan fingerprint density at radius 2 is 1.97 bits per heavy atom. The van der Waals surface area contributed by atoms with Crippen LogP contribution in [0.5, 0.6) is 5.75 Å². The van der Waals surface area contributed by atoms with E-state index in [1.54, 1.807) is 17.9 Å². The first-order chi connectivity index (χ1) is 15.6. The average molecular weight is 434 g/mol. The number of hydrogen-bond donors (Lipinski definition) is 2. The maximum atomic E-state index is 14.3. The molecule has 1 saturated carbocycles. The maximum Gasteiger partial charge on any atom is 0.149 e. The Labute approximate surface area is 187 Å². The molecule has 0 bridgehead atoms. The summed E-state index contributed by atoms with van der Waals surface area (Å²) in [6, 6.07) is 16.0. The summed E-state index contributed by atoms with van der Waals surface area (Å²) in [5.41, 5.74) is 8.13. The molecule has 1 aliphatic rings. The van der Waals surface area contributed by atoms with Crippen molar-refractivity contribution in [2.75, 3.05) is 25.5 Å². The second-order valence-electron chi connectivity index (χ2n) is 8.35. The molecule has 1 aromatic heterocycles. The fraction of sp³-hybridized carbons (Fsp3) is 0.360. The topological polar surface area (TPSA) is 88.9 Å². The summed E-state index contributed by atoms with van der Waals surface area (Å²) in [5, 5.41) is 17.3. The number of nitriles is 1. The second-order valence-corrected chi connectivity index (χ2v) is 8.35. The van der Waals surface area contributed by atoms with Crippen molar-refractivity contribution >= 4 is 5.82 Å². The largest absolute Gasteiger partial charge is 0.497 e. The lowest BCUT2D eigenvalue weighted by Gasteiger charge is -2.28. The molecule has 0 spiro atoms. The summed E-state index contributed by atoms with van der Waals surface area (Å²) in [7, 11) is 1.62. The van der Waals surface area contributed by atoms with E-state index >= 15 is 0 Å². The van der Waals surface area contributed by atoms with E-state index in [4.69, 9.17) is 20.8 Å². The Bertz CT molecular complexity index is 1100. The molecule has 0 aliphatic heterocycles. The van der Waals surface area contributed by atoms with Crippen molar-refractivity contribution in [2.45, 2.75) is 25.7 Å². The molecule has 1 heterocycles. The maximum absolute atomic E-state index is 14.3. The second kappa shape index (κ2) is 9.84. The number of halogens is 1. The number of ether oxygens (including phenoxy) is 1. The molecule has 2 atom stereocenters. The number of nitrogens with two attached hydrogens (primary N) is 1. The molecular formula is C25H28FN5O. The number of nitrogens with one attached hydrogen (secondary N) is 1. The molecule has 0 saturated heterocycles. The van der Waals surface area contributed by atoms with Crippen molar-refractivity contribution in [3.05, 3.63) is 59.9 Å². The Kier molecular flexibility index (Phi) is 6.72. The smallest absolute Gasteiger partial charge is 0.149 e. The zero-order chi connectivity index (χ0) is 22.5. The third-order valence-electron chi connectivity index (χ3n) is 6.21. The number of rotatable bonds is 7. The lowest BCUT2D eigenvalue weighted by atomic mass is 9.81. The summed E-state index contributed by atoms with van der Waals surface area (Å²) < 4.78 is 21.4. The third kappa shape index (κ3) is 4.76. The van der Waals surface area contributed by atoms with Gasteiger partial charge in [0, 0.05) is 18.2 Å². The van der Waals surface area contributed by atoms with Gasteiger partial charge in [-0.05, 0) is 74.0 Å². The van der Waals surface area contributed by atoms with Crippen LogP contribution in [0.3, 0.4) is 0 Å². The van der Waals surface area contributed by atoms with Gasteiger partial charge in [-0.1, -0.05) is 12.5 Å². The standard InChI is InChI=1S/C25H28FN5O/c1-32-22-9-7-21(8-10-22)31-24(19-5-6-20(15-28)23(26)12-19)13-25(30-31)29-16-18-4-2-3-17(11-18)14-27/h5-10,12-13,17-18H,2-4,11,14,16,27H2,1H3,(H,29,30)/t17?,18-/m0/s1. The van der Waals surface area contributed by atoms with E-state index in [1.165, 1.54) is 31.4 Å². The summed E-state index contributed by atoms with van der Waals surface area (Å²) in [5.74, 6) is 2.10. The van der Waals surface area contributed by atoms with Crippen LogP contribution in [-0.4, -0.2) is 30.0 Å². The normalized spacial score (nSPS) is 18.2. The predicted octanol–water partition coefficient (Wildman–Crippen LogP) is 4.74. The molecule has 0 amide bonds. The van der Waals surface area contributed by atoms with Crippen LogP contribution < -0.4 is 15.8 Å². The van der Waals surface area contributed by atoms with Crippen LogP contribution in [0, 0.1) is 29.0 Å². The van der Waals surface area contributed by atoms with Crippen molar-refractivity contribution in [3.8, 4) is 28.8 Å². The Balaban J connectivity index is 1.63. The average Bonchev–Trinajstić information content (AvgIpc) is 3.27. The number of nitrogens with zero attached hydrogens (tertiary/aromatic N) is 3. The summed E-state index contributed by atoms with van der Waals surface area (Å²) in [4.78, 5) is 0. The molecule has 1 unspecified atom stereocenters. The number of anilines is 1. The van der Waals surface area contributed by atoms with E-state index in [-0.39, 0.29) is 5.56 Å². The quantitative estimate of drug-likeness (QED) is 0.562. The van der Waals surface area contributed by atoms with E-state index in [9.17, 15) is 4.39 Å². The van der Waals surface area contributed by atoms with Gasteiger partial charge in [-0.15, -0.1) is 5.10 Å². The van der Waals surface area contributed by atoms with Gasteiger partial charge in [-0.2, -0.15) is 5.26 Å². The highest BCUT2D eigenvalue weighted by Gasteiger charge is 2.21. The van der Waals surface area contributed by atoms with E-state index in [2.05, 4.69) is 5.32 Å². The highest BCUT2D eigenvalue weighted by Crippen LogP contribution is 2.31. The Morgan fingerprint density at radius 3 is 2.66 bits per heavy atom. The lowest BCUT2D eigenvalue weighted by molar-refractivity contribution is 0.281. The van der Waals surface area contributed by atoms with Crippen LogP contribution in [0.2, 0.25) is 0 Å². The molecule has 3 aromatic rings. The minimum Gasteiger partial charge on any atom is -0.497 e. The SMILES string of the molecule is COc1ccc(-n2nc(NC[C@H]3CCCC(CN)C3)cc2-c2ccc(C#N)c(F)c2)cc1. The number of hydrogen-bond acceptors (Lipinski definition) is 5. The number of methoxy groups -OCH3 is 1. The fourth-order valence-electron chi connectivity index (χ4n) is 4.41. The first-order valence-corrected chi connectivity index (χ1v) is 11.0. The van der Waals surface area contributed by atoms with Crippen LogP contribution in [0.15, 0.2) is 48.5 Å². The first-order valence-electron chi connectivity index (χ1n) is 11.0. The van der Waals surface area contributed by atoms with Crippen LogP contribution in [0.1, 0.15) is 31.2 Å². The molecule has 1 fully saturated rings. The fourth-order valence-corrected chi connectivity index (χ4v) is 4.41. The summed E-state index contributed by atoms with van der Waals surface area (Å²) in [6.07, 6.45) is 4.75. The van der Waals surface area contributed by atoms with Gasteiger partial charge in [0.15, 0.2) is 0 Å². The minimum absolute atomic E-state index is 0.0226. The minimum atomic E-state index is -0.544. The molecule has 7 heteroatoms. The monoisotopic (exact) mass is 433 g/mol. The van der Waals surface area contributed by atoms with Gasteiger partial charge in [-0.3, -0.25) is 0 Å². The predicted molar refractivity (Wildman–Crippen MR) is 123 cm³/mol. The van der Waals surface area contributed by atoms with Gasteiger partial charge >= 0.3 is 0 Å². The van der Waals surface area contributed by atoms with Crippen molar-refractivity contribution in [1.29, 1.82) is 5.26 Å². The highest BCUT2D eigenvalue weighted by atomic mass is 19.1. The molecule has 2 aromatic carbocycles. The van der Waals surface area contributed by atoms with Gasteiger partial charge in [0.2, 0.25) is 0 Å². The third-order valence-corrected chi connectivity index (χ3v) is 6.21. The van der Waals surface area contributed by atoms with Crippen LogP contribution in [-0.2, 0) is 0 Å². The van der Waals surface area contributed by atoms with Crippen molar-refractivity contribution in [1.82, 2.24) is 9.78 Å². The molecule has 0 radical (unpaired) electrons. The first kappa shape index (κ1) is 21.8. The van der Waals surface area contributed by atoms with Gasteiger partial charge in [-0.25, -0.2) is 9.07 Å². The van der Waals surface area contributed by atoms with Crippen LogP contribution in [0.25, 0.3) is 16.9 Å². The van der Waals surface area contributed by atoms with Crippen molar-refractivity contribution in [2.24, 2.45) is 17.6 Å². The lowest BCUT2D eigenvalue weighted by Crippen LogP contribution is -2.26. The zero-order valence-electron chi connectivity index (χ0n) is 18.2. The molecule has 1 aliphatic carbocycles. The van der Waals surface area contributed by atoms with Gasteiger partial charge < -0.3 is 15.8 Å². The van der Waals surface area contributed by atoms with Gasteiger partial charge in [0.05, 0.1) is 24.1 Å². The van der Waals surface area contributed by atoms with Crippen molar-refractivity contribution < 1.29 is 9.13 Å². The van der Waals surface area contributed by atoms with E-state index < -0.39 is 5.82 Å². The molecule has 32 heavy (non-hydrogen) atoms. The Hall–Kier alpha value is -3.37. The molecule has 4 rings (SSSR count). The summed E-state index contributed by atoms with van der Waals surface area (Å²) in [6.45, 7) is 1.58. The van der Waals surface area contributed by atoms with Crippen LogP contribution >= 0.6 is 0 Å². The van der Waals surface area contributed by atoms with Crippen molar-refractivity contribution in [3.63, 3.8) is 0 Å². The van der Waals surface area contributed by atoms with Gasteiger partial charge in [0.25, 0.3) is 0 Å². The highest BCUT2D eigenvalue weighted by molar-refractivity contribution is 5.67.